The number of aromatic nitrogens is 3. The molecule has 0 saturated carbocycles. The Morgan fingerprint density at radius 3 is 2.53 bits per heavy atom. The van der Waals surface area contributed by atoms with E-state index >= 15 is 0 Å². The molecule has 0 fully saturated rings. The van der Waals surface area contributed by atoms with Crippen molar-refractivity contribution in [3.8, 4) is 0 Å². The van der Waals surface area contributed by atoms with Gasteiger partial charge in [-0.25, -0.2) is 28.1 Å². The van der Waals surface area contributed by atoms with Crippen LogP contribution in [0.3, 0.4) is 0 Å². The molecule has 0 aliphatic carbocycles. The van der Waals surface area contributed by atoms with Crippen LogP contribution in [-0.2, 0) is 15.8 Å². The number of hydrogen-bond acceptors (Lipinski definition) is 7. The van der Waals surface area contributed by atoms with Crippen molar-refractivity contribution >= 4 is 39.1 Å². The molecule has 0 aliphatic heterocycles. The number of anilines is 3. The highest BCUT2D eigenvalue weighted by Crippen LogP contribution is 2.16. The Morgan fingerprint density at radius 1 is 0.967 bits per heavy atom. The van der Waals surface area contributed by atoms with E-state index < -0.39 is 10.0 Å². The molecule has 2 heterocycles. The van der Waals surface area contributed by atoms with Crippen molar-refractivity contribution in [3.05, 3.63) is 70.6 Å². The van der Waals surface area contributed by atoms with Crippen molar-refractivity contribution in [3.63, 3.8) is 0 Å². The predicted octanol–water partition coefficient (Wildman–Crippen LogP) is 3.42. The first-order valence-corrected chi connectivity index (χ1v) is 11.3. The van der Waals surface area contributed by atoms with Gasteiger partial charge in [0.1, 0.15) is 23.3 Å². The molecule has 3 aromatic rings. The maximum absolute atomic E-state index is 12.2. The second-order valence-electron chi connectivity index (χ2n) is 6.74. The van der Waals surface area contributed by atoms with E-state index in [-0.39, 0.29) is 12.3 Å². The van der Waals surface area contributed by atoms with Crippen LogP contribution in [0.15, 0.2) is 48.7 Å². The zero-order valence-electron chi connectivity index (χ0n) is 16.7. The van der Waals surface area contributed by atoms with E-state index in [2.05, 4.69) is 30.3 Å². The average molecular weight is 447 g/mol. The normalized spacial score (nSPS) is 11.3. The van der Waals surface area contributed by atoms with Gasteiger partial charge in [0.25, 0.3) is 0 Å². The van der Waals surface area contributed by atoms with E-state index in [1.807, 2.05) is 19.1 Å². The number of rotatable bonds is 9. The first kappa shape index (κ1) is 21.9. The fourth-order valence-electron chi connectivity index (χ4n) is 2.75. The molecule has 8 nitrogen and oxygen atoms in total. The minimum atomic E-state index is -3.47. The quantitative estimate of drug-likeness (QED) is 0.432. The van der Waals surface area contributed by atoms with Crippen molar-refractivity contribution in [2.24, 2.45) is 0 Å². The van der Waals surface area contributed by atoms with Crippen LogP contribution in [0.2, 0.25) is 5.02 Å². The standard InChI is InChI=1S/C20H23ClN6O2S/c1-14-6-7-22-18(10-14)27-20-12-19(25-15(2)26-20)23-8-9-24-30(28,29)13-16-4-3-5-17(21)11-16/h3-7,10-12,24H,8-9,13H2,1-2H3,(H2,22,23,25,26,27). The SMILES string of the molecule is Cc1ccnc(Nc2cc(NCCNS(=O)(=O)Cc3cccc(Cl)c3)nc(C)n2)c1. The summed E-state index contributed by atoms with van der Waals surface area (Å²) >= 11 is 5.91. The third-order valence-corrected chi connectivity index (χ3v) is 5.60. The summed E-state index contributed by atoms with van der Waals surface area (Å²) in [6, 6.07) is 12.4. The molecule has 0 saturated heterocycles. The van der Waals surface area contributed by atoms with Gasteiger partial charge < -0.3 is 10.6 Å². The molecule has 10 heteroatoms. The maximum atomic E-state index is 12.2. The average Bonchev–Trinajstić information content (AvgIpc) is 2.64. The Balaban J connectivity index is 1.53. The summed E-state index contributed by atoms with van der Waals surface area (Å²) in [5, 5.41) is 6.77. The van der Waals surface area contributed by atoms with E-state index in [9.17, 15) is 8.42 Å². The van der Waals surface area contributed by atoms with Gasteiger partial charge in [0.15, 0.2) is 0 Å². The Labute approximate surface area is 181 Å². The summed E-state index contributed by atoms with van der Waals surface area (Å²) in [6.45, 7) is 4.35. The van der Waals surface area contributed by atoms with Crippen LogP contribution in [0.25, 0.3) is 0 Å². The molecule has 0 radical (unpaired) electrons. The van der Waals surface area contributed by atoms with Crippen LogP contribution >= 0.6 is 11.6 Å². The fourth-order valence-corrected chi connectivity index (χ4v) is 4.10. The summed E-state index contributed by atoms with van der Waals surface area (Å²) in [6.07, 6.45) is 1.72. The number of nitrogens with zero attached hydrogens (tertiary/aromatic N) is 3. The molecular weight excluding hydrogens is 424 g/mol. The molecule has 3 N–H and O–H groups in total. The molecule has 0 aliphatic rings. The minimum Gasteiger partial charge on any atom is -0.369 e. The lowest BCUT2D eigenvalue weighted by Gasteiger charge is -2.11. The van der Waals surface area contributed by atoms with Gasteiger partial charge in [0.05, 0.1) is 5.75 Å². The van der Waals surface area contributed by atoms with Gasteiger partial charge in [-0.3, -0.25) is 0 Å². The molecule has 0 bridgehead atoms. The molecule has 0 atom stereocenters. The molecule has 1 aromatic carbocycles. The number of benzene rings is 1. The van der Waals surface area contributed by atoms with Crippen LogP contribution in [0.5, 0.6) is 0 Å². The Kier molecular flexibility index (Phi) is 7.20. The minimum absolute atomic E-state index is 0.127. The van der Waals surface area contributed by atoms with Gasteiger partial charge in [0.2, 0.25) is 10.0 Å². The molecule has 158 valence electrons. The zero-order valence-corrected chi connectivity index (χ0v) is 18.3. The lowest BCUT2D eigenvalue weighted by Crippen LogP contribution is -2.30. The second-order valence-corrected chi connectivity index (χ2v) is 8.98. The highest BCUT2D eigenvalue weighted by atomic mass is 35.5. The smallest absolute Gasteiger partial charge is 0.215 e. The summed E-state index contributed by atoms with van der Waals surface area (Å²) < 4.78 is 27.0. The summed E-state index contributed by atoms with van der Waals surface area (Å²) in [7, 11) is -3.47. The lowest BCUT2D eigenvalue weighted by atomic mass is 10.2. The Morgan fingerprint density at radius 2 is 1.77 bits per heavy atom. The number of halogens is 1. The predicted molar refractivity (Wildman–Crippen MR) is 120 cm³/mol. The van der Waals surface area contributed by atoms with Crippen molar-refractivity contribution in [1.82, 2.24) is 19.7 Å². The van der Waals surface area contributed by atoms with Crippen molar-refractivity contribution in [2.75, 3.05) is 23.7 Å². The fraction of sp³-hybridized carbons (Fsp3) is 0.250. The molecule has 0 unspecified atom stereocenters. The molecule has 0 spiro atoms. The van der Waals surface area contributed by atoms with Crippen molar-refractivity contribution < 1.29 is 8.42 Å². The summed E-state index contributed by atoms with van der Waals surface area (Å²) in [5.74, 6) is 2.33. The Bertz CT molecular complexity index is 1120. The third kappa shape index (κ3) is 6.94. The van der Waals surface area contributed by atoms with E-state index in [0.29, 0.717) is 40.4 Å². The van der Waals surface area contributed by atoms with E-state index in [4.69, 9.17) is 11.6 Å². The van der Waals surface area contributed by atoms with Crippen LogP contribution < -0.4 is 15.4 Å². The van der Waals surface area contributed by atoms with Gasteiger partial charge in [-0.15, -0.1) is 0 Å². The van der Waals surface area contributed by atoms with E-state index in [0.717, 1.165) is 5.56 Å². The number of aryl methyl sites for hydroxylation is 2. The topological polar surface area (TPSA) is 109 Å². The van der Waals surface area contributed by atoms with E-state index in [1.54, 1.807) is 43.5 Å². The van der Waals surface area contributed by atoms with Crippen LogP contribution in [0, 0.1) is 13.8 Å². The largest absolute Gasteiger partial charge is 0.369 e. The van der Waals surface area contributed by atoms with Gasteiger partial charge in [-0.1, -0.05) is 23.7 Å². The van der Waals surface area contributed by atoms with Crippen LogP contribution in [-0.4, -0.2) is 36.5 Å². The van der Waals surface area contributed by atoms with Crippen molar-refractivity contribution in [1.29, 1.82) is 0 Å². The Hall–Kier alpha value is -2.75. The highest BCUT2D eigenvalue weighted by molar-refractivity contribution is 7.88. The van der Waals surface area contributed by atoms with Crippen molar-refractivity contribution in [2.45, 2.75) is 19.6 Å². The van der Waals surface area contributed by atoms with Crippen LogP contribution in [0.4, 0.5) is 17.5 Å². The second kappa shape index (κ2) is 9.84. The van der Waals surface area contributed by atoms with Gasteiger partial charge in [-0.05, 0) is 49.2 Å². The van der Waals surface area contributed by atoms with Gasteiger partial charge >= 0.3 is 0 Å². The summed E-state index contributed by atoms with van der Waals surface area (Å²) in [5.41, 5.74) is 1.72. The number of sulfonamides is 1. The van der Waals surface area contributed by atoms with E-state index in [1.165, 1.54) is 0 Å². The monoisotopic (exact) mass is 446 g/mol. The summed E-state index contributed by atoms with van der Waals surface area (Å²) in [4.78, 5) is 12.9. The number of hydrogen-bond donors (Lipinski definition) is 3. The van der Waals surface area contributed by atoms with Gasteiger partial charge in [-0.2, -0.15) is 0 Å². The zero-order chi connectivity index (χ0) is 21.6. The maximum Gasteiger partial charge on any atom is 0.215 e. The number of nitrogens with one attached hydrogen (secondary N) is 3. The molecule has 3 rings (SSSR count). The molecule has 0 amide bonds. The third-order valence-electron chi connectivity index (χ3n) is 4.01. The first-order valence-electron chi connectivity index (χ1n) is 9.30. The number of pyridine rings is 1. The molecule has 30 heavy (non-hydrogen) atoms. The molecular formula is C20H23ClN6O2S. The van der Waals surface area contributed by atoms with Gasteiger partial charge in [0, 0.05) is 30.4 Å². The van der Waals surface area contributed by atoms with Crippen LogP contribution in [0.1, 0.15) is 17.0 Å². The lowest BCUT2D eigenvalue weighted by molar-refractivity contribution is 0.582. The highest BCUT2D eigenvalue weighted by Gasteiger charge is 2.11. The molecule has 2 aromatic heterocycles. The first-order chi connectivity index (χ1) is 14.3.